The third-order valence-electron chi connectivity index (χ3n) is 4.31. The van der Waals surface area contributed by atoms with Gasteiger partial charge in [0.1, 0.15) is 0 Å². The fourth-order valence-electron chi connectivity index (χ4n) is 3.15. The van der Waals surface area contributed by atoms with E-state index in [-0.39, 0.29) is 11.9 Å². The van der Waals surface area contributed by atoms with Crippen molar-refractivity contribution in [2.75, 3.05) is 19.6 Å². The molecule has 2 heterocycles. The van der Waals surface area contributed by atoms with Crippen molar-refractivity contribution < 1.29 is 4.79 Å². The van der Waals surface area contributed by atoms with E-state index in [0.29, 0.717) is 5.69 Å². The Balaban J connectivity index is 1.86. The molecule has 1 aliphatic rings. The van der Waals surface area contributed by atoms with Gasteiger partial charge in [-0.3, -0.25) is 4.79 Å². The van der Waals surface area contributed by atoms with Crippen LogP contribution in [0.1, 0.15) is 35.9 Å². The molecular weight excluding hydrogens is 288 g/mol. The maximum atomic E-state index is 12.9. The van der Waals surface area contributed by atoms with Crippen molar-refractivity contribution in [2.45, 2.75) is 32.7 Å². The summed E-state index contributed by atoms with van der Waals surface area (Å²) in [6.07, 6.45) is 1.98. The Morgan fingerprint density at radius 1 is 1.39 bits per heavy atom. The predicted octanol–water partition coefficient (Wildman–Crippen LogP) is 2.39. The van der Waals surface area contributed by atoms with Crippen LogP contribution in [0, 0.1) is 6.92 Å². The average molecular weight is 312 g/mol. The van der Waals surface area contributed by atoms with E-state index in [1.165, 1.54) is 0 Å². The van der Waals surface area contributed by atoms with Gasteiger partial charge in [-0.1, -0.05) is 25.1 Å². The molecule has 1 aliphatic heterocycles. The summed E-state index contributed by atoms with van der Waals surface area (Å²) in [6, 6.07) is 12.1. The minimum atomic E-state index is 0.0401. The topological polar surface area (TPSA) is 50.2 Å². The number of rotatable bonds is 5. The lowest BCUT2D eigenvalue weighted by Crippen LogP contribution is -2.42. The van der Waals surface area contributed by atoms with Crippen LogP contribution < -0.4 is 5.32 Å². The molecule has 0 radical (unpaired) electrons. The van der Waals surface area contributed by atoms with E-state index in [0.717, 1.165) is 43.9 Å². The Labute approximate surface area is 137 Å². The number of hydrogen-bond donors (Lipinski definition) is 1. The number of aromatic nitrogens is 2. The van der Waals surface area contributed by atoms with Crippen LogP contribution >= 0.6 is 0 Å². The van der Waals surface area contributed by atoms with Crippen LogP contribution in [0.15, 0.2) is 36.4 Å². The highest BCUT2D eigenvalue weighted by Gasteiger charge is 2.28. The molecule has 1 amide bonds. The Morgan fingerprint density at radius 2 is 2.17 bits per heavy atom. The molecule has 1 aromatic carbocycles. The number of nitrogens with zero attached hydrogens (tertiary/aromatic N) is 3. The fourth-order valence-corrected chi connectivity index (χ4v) is 3.15. The Hall–Kier alpha value is -2.14. The second-order valence-corrected chi connectivity index (χ2v) is 6.06. The van der Waals surface area contributed by atoms with Gasteiger partial charge in [0.2, 0.25) is 0 Å². The second-order valence-electron chi connectivity index (χ2n) is 6.06. The van der Waals surface area contributed by atoms with Crippen LogP contribution in [-0.2, 0) is 0 Å². The van der Waals surface area contributed by atoms with Crippen molar-refractivity contribution in [1.82, 2.24) is 20.0 Å². The molecule has 0 aliphatic carbocycles. The monoisotopic (exact) mass is 312 g/mol. The summed E-state index contributed by atoms with van der Waals surface area (Å²) in [5.41, 5.74) is 2.49. The van der Waals surface area contributed by atoms with E-state index in [1.807, 2.05) is 52.9 Å². The van der Waals surface area contributed by atoms with Crippen molar-refractivity contribution in [3.8, 4) is 5.69 Å². The van der Waals surface area contributed by atoms with Crippen molar-refractivity contribution in [2.24, 2.45) is 0 Å². The third kappa shape index (κ3) is 3.29. The maximum absolute atomic E-state index is 12.9. The molecule has 2 aromatic rings. The van der Waals surface area contributed by atoms with Crippen molar-refractivity contribution in [3.63, 3.8) is 0 Å². The number of aryl methyl sites for hydroxylation is 1. The van der Waals surface area contributed by atoms with Gasteiger partial charge >= 0.3 is 0 Å². The van der Waals surface area contributed by atoms with Crippen molar-refractivity contribution in [1.29, 1.82) is 0 Å². The van der Waals surface area contributed by atoms with Gasteiger partial charge in [-0.25, -0.2) is 4.68 Å². The number of amides is 1. The van der Waals surface area contributed by atoms with Gasteiger partial charge in [-0.05, 0) is 44.5 Å². The molecule has 1 N–H and O–H groups in total. The summed E-state index contributed by atoms with van der Waals surface area (Å²) in [7, 11) is 0. The van der Waals surface area contributed by atoms with Gasteiger partial charge < -0.3 is 10.2 Å². The molecule has 1 aromatic heterocycles. The summed E-state index contributed by atoms with van der Waals surface area (Å²) >= 11 is 0. The standard InChI is InChI=1S/C18H24N4O/c1-3-11-21(16-9-10-19-13-16)18(23)17-12-14(2)22(20-17)15-7-5-4-6-8-15/h4-8,12,16,19H,3,9-11,13H2,1-2H3. The Bertz CT molecular complexity index is 659. The van der Waals surface area contributed by atoms with E-state index in [4.69, 9.17) is 0 Å². The van der Waals surface area contributed by atoms with Gasteiger partial charge in [0.05, 0.1) is 5.69 Å². The van der Waals surface area contributed by atoms with Crippen LogP contribution in [0.2, 0.25) is 0 Å². The van der Waals surface area contributed by atoms with Gasteiger partial charge in [0.25, 0.3) is 5.91 Å². The minimum Gasteiger partial charge on any atom is -0.333 e. The maximum Gasteiger partial charge on any atom is 0.274 e. The molecule has 5 nitrogen and oxygen atoms in total. The summed E-state index contributed by atoms with van der Waals surface area (Å²) in [5, 5.41) is 7.90. The molecule has 0 bridgehead atoms. The molecule has 1 unspecified atom stereocenters. The molecule has 23 heavy (non-hydrogen) atoms. The highest BCUT2D eigenvalue weighted by Crippen LogP contribution is 2.17. The number of nitrogens with one attached hydrogen (secondary N) is 1. The van der Waals surface area contributed by atoms with E-state index in [2.05, 4.69) is 17.3 Å². The number of carbonyl (C=O) groups is 1. The quantitative estimate of drug-likeness (QED) is 0.922. The van der Waals surface area contributed by atoms with Crippen molar-refractivity contribution >= 4 is 5.91 Å². The Morgan fingerprint density at radius 3 is 2.83 bits per heavy atom. The first-order chi connectivity index (χ1) is 11.2. The third-order valence-corrected chi connectivity index (χ3v) is 4.31. The number of carbonyl (C=O) groups excluding carboxylic acids is 1. The summed E-state index contributed by atoms with van der Waals surface area (Å²) in [5.74, 6) is 0.0401. The SMILES string of the molecule is CCCN(C(=O)c1cc(C)n(-c2ccccc2)n1)C1CCNC1. The van der Waals surface area contributed by atoms with E-state index < -0.39 is 0 Å². The predicted molar refractivity (Wildman–Crippen MR) is 90.9 cm³/mol. The molecule has 1 atom stereocenters. The molecule has 1 fully saturated rings. The molecule has 5 heteroatoms. The molecule has 122 valence electrons. The van der Waals surface area contributed by atoms with E-state index in [1.54, 1.807) is 0 Å². The summed E-state index contributed by atoms with van der Waals surface area (Å²) in [6.45, 7) is 6.73. The molecule has 0 saturated carbocycles. The molecule has 1 saturated heterocycles. The van der Waals surface area contributed by atoms with Crippen LogP contribution in [0.25, 0.3) is 5.69 Å². The number of hydrogen-bond acceptors (Lipinski definition) is 3. The average Bonchev–Trinajstić information content (AvgIpc) is 3.22. The summed E-state index contributed by atoms with van der Waals surface area (Å²) < 4.78 is 1.84. The normalized spacial score (nSPS) is 17.4. The second kappa shape index (κ2) is 6.96. The Kier molecular flexibility index (Phi) is 4.76. The molecule has 0 spiro atoms. The van der Waals surface area contributed by atoms with Crippen LogP contribution in [0.5, 0.6) is 0 Å². The molecular formula is C18H24N4O. The fraction of sp³-hybridized carbons (Fsp3) is 0.444. The zero-order valence-electron chi connectivity index (χ0n) is 13.8. The highest BCUT2D eigenvalue weighted by atomic mass is 16.2. The van der Waals surface area contributed by atoms with Gasteiger partial charge in [-0.2, -0.15) is 5.10 Å². The first kappa shape index (κ1) is 15.7. The van der Waals surface area contributed by atoms with Gasteiger partial charge in [0, 0.05) is 24.8 Å². The van der Waals surface area contributed by atoms with Gasteiger partial charge in [-0.15, -0.1) is 0 Å². The minimum absolute atomic E-state index is 0.0401. The zero-order valence-corrected chi connectivity index (χ0v) is 13.8. The number of benzene rings is 1. The van der Waals surface area contributed by atoms with Crippen LogP contribution in [0.3, 0.4) is 0 Å². The van der Waals surface area contributed by atoms with Gasteiger partial charge in [0.15, 0.2) is 5.69 Å². The first-order valence-electron chi connectivity index (χ1n) is 8.34. The number of para-hydroxylation sites is 1. The van der Waals surface area contributed by atoms with Crippen LogP contribution in [-0.4, -0.2) is 46.3 Å². The largest absolute Gasteiger partial charge is 0.333 e. The highest BCUT2D eigenvalue weighted by molar-refractivity contribution is 5.92. The zero-order chi connectivity index (χ0) is 16.2. The smallest absolute Gasteiger partial charge is 0.274 e. The lowest BCUT2D eigenvalue weighted by atomic mass is 10.2. The van der Waals surface area contributed by atoms with E-state index in [9.17, 15) is 4.79 Å². The first-order valence-corrected chi connectivity index (χ1v) is 8.34. The van der Waals surface area contributed by atoms with Crippen molar-refractivity contribution in [3.05, 3.63) is 47.8 Å². The van der Waals surface area contributed by atoms with Crippen LogP contribution in [0.4, 0.5) is 0 Å². The lowest BCUT2D eigenvalue weighted by molar-refractivity contribution is 0.0685. The molecule has 3 rings (SSSR count). The lowest BCUT2D eigenvalue weighted by Gasteiger charge is -2.27. The van der Waals surface area contributed by atoms with E-state index >= 15 is 0 Å². The summed E-state index contributed by atoms with van der Waals surface area (Å²) in [4.78, 5) is 14.9.